The van der Waals surface area contributed by atoms with Crippen LogP contribution in [-0.2, 0) is 16.6 Å². The highest BCUT2D eigenvalue weighted by molar-refractivity contribution is 14.1. The number of para-hydroxylation sites is 1. The van der Waals surface area contributed by atoms with Crippen LogP contribution in [0.1, 0.15) is 5.76 Å². The summed E-state index contributed by atoms with van der Waals surface area (Å²) in [6.45, 7) is -0.364. The van der Waals surface area contributed by atoms with E-state index >= 15 is 0 Å². The third kappa shape index (κ3) is 3.30. The molecule has 0 unspecified atom stereocenters. The van der Waals surface area contributed by atoms with E-state index in [1.165, 1.54) is 6.07 Å². The molecule has 0 spiro atoms. The highest BCUT2D eigenvalue weighted by Gasteiger charge is 2.23. The molecule has 8 heteroatoms. The quantitative estimate of drug-likeness (QED) is 0.692. The second-order valence-electron chi connectivity index (χ2n) is 3.59. The van der Waals surface area contributed by atoms with E-state index in [-0.39, 0.29) is 21.9 Å². The van der Waals surface area contributed by atoms with Crippen molar-refractivity contribution in [1.29, 1.82) is 0 Å². The first-order chi connectivity index (χ1) is 8.94. The standard InChI is InChI=1S/C11H9BrINO4S/c12-11-10(5-7(6-15)18-11)19(16,17)14-9-4-2-1-3-8(9)13/h1-5,14-15H,6H2. The van der Waals surface area contributed by atoms with Gasteiger partial charge in [0.05, 0.1) is 5.69 Å². The third-order valence-corrected chi connectivity index (χ3v) is 5.43. The Kier molecular flexibility index (Phi) is 4.54. The number of furan rings is 1. The highest BCUT2D eigenvalue weighted by atomic mass is 127. The van der Waals surface area contributed by atoms with Crippen molar-refractivity contribution in [1.82, 2.24) is 0 Å². The summed E-state index contributed by atoms with van der Waals surface area (Å²) in [5.41, 5.74) is 0.488. The topological polar surface area (TPSA) is 79.5 Å². The summed E-state index contributed by atoms with van der Waals surface area (Å²) in [7, 11) is -3.76. The van der Waals surface area contributed by atoms with Crippen LogP contribution in [0, 0.1) is 3.57 Å². The molecule has 2 N–H and O–H groups in total. The highest BCUT2D eigenvalue weighted by Crippen LogP contribution is 2.29. The molecule has 5 nitrogen and oxygen atoms in total. The fourth-order valence-electron chi connectivity index (χ4n) is 1.40. The zero-order valence-electron chi connectivity index (χ0n) is 9.43. The molecule has 0 aliphatic rings. The predicted molar refractivity (Wildman–Crippen MR) is 82.3 cm³/mol. The number of aliphatic hydroxyl groups excluding tert-OH is 1. The van der Waals surface area contributed by atoms with Crippen LogP contribution in [0.4, 0.5) is 5.69 Å². The van der Waals surface area contributed by atoms with Crippen molar-refractivity contribution in [3.63, 3.8) is 0 Å². The molecule has 0 atom stereocenters. The number of sulfonamides is 1. The summed E-state index contributed by atoms with van der Waals surface area (Å²) in [5.74, 6) is 0.176. The number of halogens is 2. The second kappa shape index (κ2) is 5.81. The molecule has 0 radical (unpaired) electrons. The SMILES string of the molecule is O=S(=O)(Nc1ccccc1I)c1cc(CO)oc1Br. The normalized spacial score (nSPS) is 11.5. The van der Waals surface area contributed by atoms with Crippen LogP contribution in [0.25, 0.3) is 0 Å². The van der Waals surface area contributed by atoms with Gasteiger partial charge < -0.3 is 9.52 Å². The first-order valence-corrected chi connectivity index (χ1v) is 8.46. The van der Waals surface area contributed by atoms with E-state index in [0.29, 0.717) is 5.69 Å². The van der Waals surface area contributed by atoms with Gasteiger partial charge in [-0.05, 0) is 50.7 Å². The monoisotopic (exact) mass is 457 g/mol. The van der Waals surface area contributed by atoms with Crippen LogP contribution in [0.15, 0.2) is 44.3 Å². The fraction of sp³-hybridized carbons (Fsp3) is 0.0909. The molecule has 0 saturated heterocycles. The Hall–Kier alpha value is -0.580. The number of hydrogen-bond donors (Lipinski definition) is 2. The fourth-order valence-corrected chi connectivity index (χ4v) is 4.19. The molecule has 1 aromatic carbocycles. The number of rotatable bonds is 4. The first-order valence-electron chi connectivity index (χ1n) is 5.10. The van der Waals surface area contributed by atoms with Gasteiger partial charge in [-0.1, -0.05) is 12.1 Å². The Morgan fingerprint density at radius 2 is 2.05 bits per heavy atom. The van der Waals surface area contributed by atoms with Crippen LogP contribution >= 0.6 is 38.5 Å². The maximum Gasteiger partial charge on any atom is 0.266 e. The lowest BCUT2D eigenvalue weighted by Gasteiger charge is -2.08. The van der Waals surface area contributed by atoms with Crippen LogP contribution in [-0.4, -0.2) is 13.5 Å². The lowest BCUT2D eigenvalue weighted by molar-refractivity contribution is 0.245. The van der Waals surface area contributed by atoms with Crippen LogP contribution in [0.2, 0.25) is 0 Å². The Balaban J connectivity index is 2.38. The Bertz CT molecular complexity index is 698. The number of anilines is 1. The largest absolute Gasteiger partial charge is 0.450 e. The number of nitrogens with one attached hydrogen (secondary N) is 1. The van der Waals surface area contributed by atoms with Crippen LogP contribution < -0.4 is 4.72 Å². The minimum atomic E-state index is -3.76. The van der Waals surface area contributed by atoms with E-state index in [4.69, 9.17) is 9.52 Å². The van der Waals surface area contributed by atoms with E-state index < -0.39 is 10.0 Å². The lowest BCUT2D eigenvalue weighted by atomic mass is 10.3. The zero-order chi connectivity index (χ0) is 14.0. The number of hydrogen-bond acceptors (Lipinski definition) is 4. The van der Waals surface area contributed by atoms with Gasteiger partial charge in [0.2, 0.25) is 0 Å². The molecule has 1 heterocycles. The predicted octanol–water partition coefficient (Wildman–Crippen LogP) is 2.94. The van der Waals surface area contributed by atoms with Crippen LogP contribution in [0.5, 0.6) is 0 Å². The van der Waals surface area contributed by atoms with E-state index in [0.717, 1.165) is 3.57 Å². The summed E-state index contributed by atoms with van der Waals surface area (Å²) in [6.07, 6.45) is 0. The molecular weight excluding hydrogens is 449 g/mol. The average Bonchev–Trinajstić information content (AvgIpc) is 2.74. The molecule has 102 valence electrons. The minimum Gasteiger partial charge on any atom is -0.450 e. The van der Waals surface area contributed by atoms with Gasteiger partial charge in [-0.2, -0.15) is 0 Å². The smallest absolute Gasteiger partial charge is 0.266 e. The van der Waals surface area contributed by atoms with E-state index in [1.807, 2.05) is 28.7 Å². The molecule has 0 aliphatic carbocycles. The molecule has 0 aliphatic heterocycles. The van der Waals surface area contributed by atoms with Gasteiger partial charge in [0.1, 0.15) is 17.3 Å². The van der Waals surface area contributed by atoms with Crippen molar-refractivity contribution in [3.8, 4) is 0 Å². The molecule has 2 rings (SSSR count). The van der Waals surface area contributed by atoms with Gasteiger partial charge >= 0.3 is 0 Å². The second-order valence-corrected chi connectivity index (χ2v) is 7.13. The molecule has 0 amide bonds. The van der Waals surface area contributed by atoms with Gasteiger partial charge in [0, 0.05) is 9.64 Å². The molecule has 0 bridgehead atoms. The maximum absolute atomic E-state index is 12.2. The van der Waals surface area contributed by atoms with Gasteiger partial charge in [-0.15, -0.1) is 0 Å². The van der Waals surface area contributed by atoms with Crippen molar-refractivity contribution in [2.24, 2.45) is 0 Å². The number of benzene rings is 1. The van der Waals surface area contributed by atoms with Crippen molar-refractivity contribution in [2.45, 2.75) is 11.5 Å². The third-order valence-electron chi connectivity index (χ3n) is 2.27. The van der Waals surface area contributed by atoms with E-state index in [2.05, 4.69) is 20.7 Å². The molecule has 1 aromatic heterocycles. The maximum atomic E-state index is 12.2. The minimum absolute atomic E-state index is 0.0452. The molecule has 19 heavy (non-hydrogen) atoms. The molecule has 0 fully saturated rings. The lowest BCUT2D eigenvalue weighted by Crippen LogP contribution is -2.13. The summed E-state index contributed by atoms with van der Waals surface area (Å²) < 4.78 is 32.8. The molecule has 0 saturated carbocycles. The Morgan fingerprint density at radius 3 is 2.63 bits per heavy atom. The molecule has 2 aromatic rings. The van der Waals surface area contributed by atoms with Gasteiger partial charge in [-0.3, -0.25) is 4.72 Å². The van der Waals surface area contributed by atoms with Crippen molar-refractivity contribution in [3.05, 3.63) is 44.3 Å². The summed E-state index contributed by atoms with van der Waals surface area (Å²) in [4.78, 5) is -0.0452. The van der Waals surface area contributed by atoms with Gasteiger partial charge in [-0.25, -0.2) is 8.42 Å². The summed E-state index contributed by atoms with van der Waals surface area (Å²) >= 11 is 5.07. The summed E-state index contributed by atoms with van der Waals surface area (Å²) in [5, 5.41) is 8.94. The Labute approximate surface area is 132 Å². The van der Waals surface area contributed by atoms with E-state index in [1.54, 1.807) is 18.2 Å². The summed E-state index contributed by atoms with van der Waals surface area (Å²) in [6, 6.07) is 8.30. The Morgan fingerprint density at radius 1 is 1.37 bits per heavy atom. The van der Waals surface area contributed by atoms with E-state index in [9.17, 15) is 8.42 Å². The van der Waals surface area contributed by atoms with Crippen molar-refractivity contribution >= 4 is 54.2 Å². The average molecular weight is 458 g/mol. The zero-order valence-corrected chi connectivity index (χ0v) is 14.0. The first kappa shape index (κ1) is 14.8. The van der Waals surface area contributed by atoms with Crippen molar-refractivity contribution < 1.29 is 17.9 Å². The van der Waals surface area contributed by atoms with Gasteiger partial charge in [0.15, 0.2) is 4.67 Å². The number of aliphatic hydroxyl groups is 1. The van der Waals surface area contributed by atoms with Gasteiger partial charge in [0.25, 0.3) is 10.0 Å². The molecular formula is C11H9BrINO4S. The van der Waals surface area contributed by atoms with Crippen LogP contribution in [0.3, 0.4) is 0 Å². The van der Waals surface area contributed by atoms with Crippen molar-refractivity contribution in [2.75, 3.05) is 4.72 Å².